The molecule has 0 unspecified atom stereocenters. The third-order valence-corrected chi connectivity index (χ3v) is 1.15. The largest absolute Gasteiger partial charge is 0.118 e. The van der Waals surface area contributed by atoms with Gasteiger partial charge in [0.25, 0.3) is 0 Å². The SMILES string of the molecule is CCCCC=C=CBr. The number of halogens is 1. The van der Waals surface area contributed by atoms with Gasteiger partial charge in [0.1, 0.15) is 0 Å². The summed E-state index contributed by atoms with van der Waals surface area (Å²) in [5.41, 5.74) is 2.95. The average Bonchev–Trinajstić information content (AvgIpc) is 1.81. The van der Waals surface area contributed by atoms with Gasteiger partial charge in [-0.15, -0.1) is 5.73 Å². The Bertz CT molecular complexity index is 88.6. The molecule has 0 spiro atoms. The molecule has 8 heavy (non-hydrogen) atoms. The van der Waals surface area contributed by atoms with E-state index in [1.807, 2.05) is 6.08 Å². The lowest BCUT2D eigenvalue weighted by Crippen LogP contribution is -1.62. The van der Waals surface area contributed by atoms with Crippen LogP contribution in [0.1, 0.15) is 26.2 Å². The predicted molar refractivity (Wildman–Crippen MR) is 41.1 cm³/mol. The van der Waals surface area contributed by atoms with Crippen molar-refractivity contribution in [3.8, 4) is 0 Å². The molecule has 0 radical (unpaired) electrons. The van der Waals surface area contributed by atoms with Crippen molar-refractivity contribution in [1.82, 2.24) is 0 Å². The highest BCUT2D eigenvalue weighted by atomic mass is 79.9. The van der Waals surface area contributed by atoms with Crippen molar-refractivity contribution >= 4 is 15.9 Å². The van der Waals surface area contributed by atoms with Crippen LogP contribution < -0.4 is 0 Å². The van der Waals surface area contributed by atoms with Gasteiger partial charge in [0.05, 0.1) is 0 Å². The second-order valence-electron chi connectivity index (χ2n) is 1.62. The van der Waals surface area contributed by atoms with Crippen LogP contribution >= 0.6 is 15.9 Å². The maximum atomic E-state index is 3.13. The molecule has 0 aliphatic carbocycles. The van der Waals surface area contributed by atoms with E-state index in [1.165, 1.54) is 12.8 Å². The molecule has 0 saturated carbocycles. The van der Waals surface area contributed by atoms with E-state index in [0.29, 0.717) is 0 Å². The van der Waals surface area contributed by atoms with E-state index >= 15 is 0 Å². The van der Waals surface area contributed by atoms with E-state index in [0.717, 1.165) is 6.42 Å². The molecule has 0 aromatic rings. The number of unbranched alkanes of at least 4 members (excludes halogenated alkanes) is 2. The fourth-order valence-corrected chi connectivity index (χ4v) is 0.621. The van der Waals surface area contributed by atoms with Crippen LogP contribution in [0.2, 0.25) is 0 Å². The number of rotatable bonds is 3. The quantitative estimate of drug-likeness (QED) is 0.456. The Labute approximate surface area is 59.4 Å². The van der Waals surface area contributed by atoms with Crippen molar-refractivity contribution in [3.05, 3.63) is 16.8 Å². The Hall–Kier alpha value is 0. The first-order chi connectivity index (χ1) is 3.91. The van der Waals surface area contributed by atoms with Gasteiger partial charge in [0, 0.05) is 4.99 Å². The zero-order chi connectivity index (χ0) is 6.24. The molecule has 46 valence electrons. The fourth-order valence-electron chi connectivity index (χ4n) is 0.434. The van der Waals surface area contributed by atoms with Crippen LogP contribution in [0, 0.1) is 0 Å². The van der Waals surface area contributed by atoms with Crippen LogP contribution in [0.4, 0.5) is 0 Å². The van der Waals surface area contributed by atoms with Crippen LogP contribution in [-0.2, 0) is 0 Å². The maximum absolute atomic E-state index is 3.13. The van der Waals surface area contributed by atoms with Crippen LogP contribution in [0.5, 0.6) is 0 Å². The summed E-state index contributed by atoms with van der Waals surface area (Å²) in [7, 11) is 0. The summed E-state index contributed by atoms with van der Waals surface area (Å²) < 4.78 is 0. The second-order valence-corrected chi connectivity index (χ2v) is 2.08. The van der Waals surface area contributed by atoms with Gasteiger partial charge in [-0.3, -0.25) is 0 Å². The molecule has 0 N–H and O–H groups in total. The maximum Gasteiger partial charge on any atom is 0.0228 e. The topological polar surface area (TPSA) is 0 Å². The summed E-state index contributed by atoms with van der Waals surface area (Å²) >= 11 is 3.13. The van der Waals surface area contributed by atoms with Gasteiger partial charge in [-0.2, -0.15) is 0 Å². The summed E-state index contributed by atoms with van der Waals surface area (Å²) in [5.74, 6) is 0. The van der Waals surface area contributed by atoms with Crippen molar-refractivity contribution in [2.45, 2.75) is 26.2 Å². The van der Waals surface area contributed by atoms with Gasteiger partial charge in [-0.25, -0.2) is 0 Å². The van der Waals surface area contributed by atoms with Gasteiger partial charge >= 0.3 is 0 Å². The van der Waals surface area contributed by atoms with Gasteiger partial charge < -0.3 is 0 Å². The summed E-state index contributed by atoms with van der Waals surface area (Å²) in [4.78, 5) is 1.75. The number of allylic oxidation sites excluding steroid dienone is 1. The molecule has 0 fully saturated rings. The third-order valence-electron chi connectivity index (χ3n) is 0.883. The molecule has 1 heteroatoms. The average molecular weight is 175 g/mol. The first kappa shape index (κ1) is 8.00. The molecule has 0 rings (SSSR count). The molecule has 0 aliphatic heterocycles. The Morgan fingerprint density at radius 2 is 2.38 bits per heavy atom. The molecule has 0 atom stereocenters. The van der Waals surface area contributed by atoms with E-state index in [4.69, 9.17) is 0 Å². The Balaban J connectivity index is 3.04. The Morgan fingerprint density at radius 3 is 2.88 bits per heavy atom. The van der Waals surface area contributed by atoms with E-state index in [9.17, 15) is 0 Å². The zero-order valence-electron chi connectivity index (χ0n) is 5.15. The minimum absolute atomic E-state index is 1.15. The summed E-state index contributed by atoms with van der Waals surface area (Å²) in [5, 5.41) is 0. The van der Waals surface area contributed by atoms with Crippen molar-refractivity contribution in [1.29, 1.82) is 0 Å². The minimum atomic E-state index is 1.15. The molecule has 0 bridgehead atoms. The zero-order valence-corrected chi connectivity index (χ0v) is 6.74. The molecule has 0 saturated heterocycles. The molecule has 0 heterocycles. The Kier molecular flexibility index (Phi) is 7.00. The molecule has 0 aromatic carbocycles. The van der Waals surface area contributed by atoms with Crippen molar-refractivity contribution in [2.75, 3.05) is 0 Å². The molecular weight excluding hydrogens is 164 g/mol. The molecule has 0 amide bonds. The van der Waals surface area contributed by atoms with Crippen LogP contribution in [0.25, 0.3) is 0 Å². The highest BCUT2D eigenvalue weighted by molar-refractivity contribution is 9.11. The van der Waals surface area contributed by atoms with Crippen LogP contribution in [-0.4, -0.2) is 0 Å². The lowest BCUT2D eigenvalue weighted by atomic mass is 10.2. The van der Waals surface area contributed by atoms with E-state index < -0.39 is 0 Å². The van der Waals surface area contributed by atoms with E-state index in [-0.39, 0.29) is 0 Å². The minimum Gasteiger partial charge on any atom is -0.118 e. The summed E-state index contributed by atoms with van der Waals surface area (Å²) in [6, 6.07) is 0. The monoisotopic (exact) mass is 174 g/mol. The number of hydrogen-bond acceptors (Lipinski definition) is 0. The normalized spacial score (nSPS) is 7.75. The highest BCUT2D eigenvalue weighted by Gasteiger charge is 1.73. The first-order valence-corrected chi connectivity index (χ1v) is 3.83. The van der Waals surface area contributed by atoms with E-state index in [1.54, 1.807) is 4.99 Å². The smallest absolute Gasteiger partial charge is 0.0228 e. The Morgan fingerprint density at radius 1 is 1.62 bits per heavy atom. The molecular formula is C7H11Br. The van der Waals surface area contributed by atoms with Crippen molar-refractivity contribution in [2.24, 2.45) is 0 Å². The molecule has 0 nitrogen and oxygen atoms in total. The summed E-state index contributed by atoms with van der Waals surface area (Å²) in [6.07, 6.45) is 5.73. The van der Waals surface area contributed by atoms with Gasteiger partial charge in [0.15, 0.2) is 0 Å². The second kappa shape index (κ2) is 7.00. The predicted octanol–water partition coefficient (Wildman–Crippen LogP) is 3.24. The van der Waals surface area contributed by atoms with Gasteiger partial charge in [-0.05, 0) is 18.9 Å². The highest BCUT2D eigenvalue weighted by Crippen LogP contribution is 1.93. The van der Waals surface area contributed by atoms with Gasteiger partial charge in [-0.1, -0.05) is 29.3 Å². The van der Waals surface area contributed by atoms with Crippen LogP contribution in [0.15, 0.2) is 16.8 Å². The van der Waals surface area contributed by atoms with E-state index in [2.05, 4.69) is 28.6 Å². The van der Waals surface area contributed by atoms with Crippen molar-refractivity contribution < 1.29 is 0 Å². The van der Waals surface area contributed by atoms with Gasteiger partial charge in [0.2, 0.25) is 0 Å². The lowest BCUT2D eigenvalue weighted by molar-refractivity contribution is 0.815. The molecule has 0 aromatic heterocycles. The third kappa shape index (κ3) is 6.00. The standard InChI is InChI=1S/C7H11Br/c1-2-3-4-5-6-7-8/h5,7H,2-4H2,1H3. The number of hydrogen-bond donors (Lipinski definition) is 0. The fraction of sp³-hybridized carbons (Fsp3) is 0.571. The lowest BCUT2D eigenvalue weighted by Gasteiger charge is -1.82. The molecule has 0 aliphatic rings. The first-order valence-electron chi connectivity index (χ1n) is 2.91. The summed E-state index contributed by atoms with van der Waals surface area (Å²) in [6.45, 7) is 2.19. The van der Waals surface area contributed by atoms with Crippen LogP contribution in [0.3, 0.4) is 0 Å². The van der Waals surface area contributed by atoms with Crippen molar-refractivity contribution in [3.63, 3.8) is 0 Å².